The van der Waals surface area contributed by atoms with Gasteiger partial charge in [-0.15, -0.1) is 11.6 Å². The van der Waals surface area contributed by atoms with Crippen LogP contribution in [0.5, 0.6) is 0 Å². The zero-order chi connectivity index (χ0) is 13.2. The number of rotatable bonds is 2. The summed E-state index contributed by atoms with van der Waals surface area (Å²) in [6.07, 6.45) is 5.08. The zero-order valence-corrected chi connectivity index (χ0v) is 12.1. The van der Waals surface area contributed by atoms with Crippen LogP contribution in [0.4, 0.5) is 0 Å². The van der Waals surface area contributed by atoms with E-state index in [9.17, 15) is 0 Å². The maximum Gasteiger partial charge on any atom is 0.0835 e. The lowest BCUT2D eigenvalue weighted by molar-refractivity contribution is 0.684. The highest BCUT2D eigenvalue weighted by Crippen LogP contribution is 2.32. The molecule has 0 radical (unpaired) electrons. The van der Waals surface area contributed by atoms with Gasteiger partial charge in [0.25, 0.3) is 0 Å². The van der Waals surface area contributed by atoms with Crippen molar-refractivity contribution >= 4 is 11.6 Å². The van der Waals surface area contributed by atoms with Gasteiger partial charge in [-0.25, -0.2) is 0 Å². The van der Waals surface area contributed by atoms with Gasteiger partial charge >= 0.3 is 0 Å². The predicted octanol–water partition coefficient (Wildman–Crippen LogP) is 5.20. The van der Waals surface area contributed by atoms with Crippen molar-refractivity contribution in [2.24, 2.45) is 0 Å². The van der Waals surface area contributed by atoms with Gasteiger partial charge in [0, 0.05) is 0 Å². The molecule has 0 heterocycles. The van der Waals surface area contributed by atoms with Crippen molar-refractivity contribution in [3.05, 3.63) is 70.3 Å². The number of aryl methyl sites for hydroxylation is 3. The monoisotopic (exact) mass is 270 g/mol. The van der Waals surface area contributed by atoms with Crippen molar-refractivity contribution in [1.82, 2.24) is 0 Å². The van der Waals surface area contributed by atoms with Crippen molar-refractivity contribution in [1.29, 1.82) is 0 Å². The van der Waals surface area contributed by atoms with Crippen LogP contribution in [0, 0.1) is 6.92 Å². The predicted molar refractivity (Wildman–Crippen MR) is 82.0 cm³/mol. The topological polar surface area (TPSA) is 0 Å². The van der Waals surface area contributed by atoms with Crippen LogP contribution in [-0.2, 0) is 12.8 Å². The Morgan fingerprint density at radius 2 is 1.47 bits per heavy atom. The summed E-state index contributed by atoms with van der Waals surface area (Å²) in [5, 5.41) is -0.0344. The van der Waals surface area contributed by atoms with Gasteiger partial charge in [0.1, 0.15) is 0 Å². The van der Waals surface area contributed by atoms with Gasteiger partial charge < -0.3 is 0 Å². The molecule has 0 aromatic heterocycles. The van der Waals surface area contributed by atoms with E-state index in [1.54, 1.807) is 0 Å². The Morgan fingerprint density at radius 1 is 0.842 bits per heavy atom. The first kappa shape index (κ1) is 12.7. The molecule has 1 heteroatoms. The van der Waals surface area contributed by atoms with Crippen LogP contribution in [0.1, 0.15) is 46.0 Å². The fourth-order valence-electron chi connectivity index (χ4n) is 2.84. The Balaban J connectivity index is 1.91. The number of halogens is 1. The van der Waals surface area contributed by atoms with Crippen LogP contribution >= 0.6 is 11.6 Å². The fourth-order valence-corrected chi connectivity index (χ4v) is 3.12. The highest BCUT2D eigenvalue weighted by atomic mass is 35.5. The van der Waals surface area contributed by atoms with E-state index in [0.717, 1.165) is 0 Å². The average molecular weight is 271 g/mol. The number of fused-ring (bicyclic) bond motifs is 1. The second-order valence-electron chi connectivity index (χ2n) is 5.51. The molecule has 2 aromatic carbocycles. The molecule has 0 saturated heterocycles. The second kappa shape index (κ2) is 5.38. The summed E-state index contributed by atoms with van der Waals surface area (Å²) in [5.74, 6) is 0. The first-order chi connectivity index (χ1) is 9.24. The lowest BCUT2D eigenvalue weighted by Gasteiger charge is -2.18. The van der Waals surface area contributed by atoms with Gasteiger partial charge in [-0.2, -0.15) is 0 Å². The summed E-state index contributed by atoms with van der Waals surface area (Å²) in [6, 6.07) is 15.3. The highest BCUT2D eigenvalue weighted by molar-refractivity contribution is 6.22. The second-order valence-corrected chi connectivity index (χ2v) is 5.94. The molecule has 19 heavy (non-hydrogen) atoms. The minimum Gasteiger partial charge on any atom is -0.113 e. The van der Waals surface area contributed by atoms with E-state index >= 15 is 0 Å². The Hall–Kier alpha value is -1.27. The lowest BCUT2D eigenvalue weighted by Crippen LogP contribution is -2.04. The van der Waals surface area contributed by atoms with Crippen LogP contribution in [0.15, 0.2) is 42.5 Å². The first-order valence-electron chi connectivity index (χ1n) is 7.06. The van der Waals surface area contributed by atoms with Crippen LogP contribution in [0.2, 0.25) is 0 Å². The summed E-state index contributed by atoms with van der Waals surface area (Å²) in [5.41, 5.74) is 6.71. The minimum absolute atomic E-state index is 0.0344. The molecule has 0 bridgehead atoms. The Morgan fingerprint density at radius 3 is 2.21 bits per heavy atom. The maximum absolute atomic E-state index is 6.63. The van der Waals surface area contributed by atoms with Gasteiger partial charge in [0.15, 0.2) is 0 Å². The lowest BCUT2D eigenvalue weighted by atomic mass is 9.89. The molecule has 98 valence electrons. The fraction of sp³-hybridized carbons (Fsp3) is 0.333. The summed E-state index contributed by atoms with van der Waals surface area (Å²) in [6.45, 7) is 2.10. The molecule has 3 rings (SSSR count). The van der Waals surface area contributed by atoms with E-state index < -0.39 is 0 Å². The third-order valence-electron chi connectivity index (χ3n) is 4.04. The van der Waals surface area contributed by atoms with Crippen molar-refractivity contribution in [2.45, 2.75) is 38.0 Å². The first-order valence-corrected chi connectivity index (χ1v) is 7.50. The third-order valence-corrected chi connectivity index (χ3v) is 4.54. The standard InChI is InChI=1S/C18H19Cl/c1-13-6-8-15(9-7-13)18(19)17-11-10-14-4-2-3-5-16(14)12-17/h6-12,18H,2-5H2,1H3. The highest BCUT2D eigenvalue weighted by Gasteiger charge is 2.14. The van der Waals surface area contributed by atoms with Crippen LogP contribution < -0.4 is 0 Å². The van der Waals surface area contributed by atoms with Crippen molar-refractivity contribution in [3.63, 3.8) is 0 Å². The molecule has 0 spiro atoms. The zero-order valence-electron chi connectivity index (χ0n) is 11.3. The number of hydrogen-bond acceptors (Lipinski definition) is 0. The van der Waals surface area contributed by atoms with Gasteiger partial charge in [-0.3, -0.25) is 0 Å². The van der Waals surface area contributed by atoms with Gasteiger partial charge in [0.2, 0.25) is 0 Å². The molecule has 1 aliphatic carbocycles. The van der Waals surface area contributed by atoms with Crippen molar-refractivity contribution in [2.75, 3.05) is 0 Å². The molecule has 0 nitrogen and oxygen atoms in total. The minimum atomic E-state index is -0.0344. The summed E-state index contributed by atoms with van der Waals surface area (Å²) < 4.78 is 0. The molecule has 1 unspecified atom stereocenters. The third kappa shape index (κ3) is 2.69. The quantitative estimate of drug-likeness (QED) is 0.658. The maximum atomic E-state index is 6.63. The van der Waals surface area contributed by atoms with E-state index in [2.05, 4.69) is 49.4 Å². The summed E-state index contributed by atoms with van der Waals surface area (Å²) in [4.78, 5) is 0. The number of alkyl halides is 1. The van der Waals surface area contributed by atoms with Gasteiger partial charge in [-0.1, -0.05) is 48.0 Å². The van der Waals surface area contributed by atoms with E-state index in [1.807, 2.05) is 0 Å². The van der Waals surface area contributed by atoms with Gasteiger partial charge in [-0.05, 0) is 54.9 Å². The molecule has 0 saturated carbocycles. The SMILES string of the molecule is Cc1ccc(C(Cl)c2ccc3c(c2)CCCC3)cc1. The van der Waals surface area contributed by atoms with E-state index in [1.165, 1.54) is 53.5 Å². The largest absolute Gasteiger partial charge is 0.113 e. The smallest absolute Gasteiger partial charge is 0.0835 e. The van der Waals surface area contributed by atoms with E-state index in [-0.39, 0.29) is 5.38 Å². The molecule has 2 aromatic rings. The van der Waals surface area contributed by atoms with Gasteiger partial charge in [0.05, 0.1) is 5.38 Å². The average Bonchev–Trinajstić information content (AvgIpc) is 2.47. The normalized spacial score (nSPS) is 15.9. The molecule has 0 aliphatic heterocycles. The number of benzene rings is 2. The molecular formula is C18H19Cl. The molecule has 1 atom stereocenters. The van der Waals surface area contributed by atoms with E-state index in [4.69, 9.17) is 11.6 Å². The molecular weight excluding hydrogens is 252 g/mol. The number of hydrogen-bond donors (Lipinski definition) is 0. The summed E-state index contributed by atoms with van der Waals surface area (Å²) >= 11 is 6.63. The molecule has 0 amide bonds. The Labute approximate surface area is 120 Å². The van der Waals surface area contributed by atoms with E-state index in [0.29, 0.717) is 0 Å². The van der Waals surface area contributed by atoms with Crippen molar-refractivity contribution < 1.29 is 0 Å². The molecule has 0 fully saturated rings. The van der Waals surface area contributed by atoms with Crippen molar-refractivity contribution in [3.8, 4) is 0 Å². The molecule has 1 aliphatic rings. The van der Waals surface area contributed by atoms with Crippen LogP contribution in [0.25, 0.3) is 0 Å². The van der Waals surface area contributed by atoms with Crippen LogP contribution in [-0.4, -0.2) is 0 Å². The molecule has 0 N–H and O–H groups in total. The Kier molecular flexibility index (Phi) is 3.61. The Bertz CT molecular complexity index is 569. The summed E-state index contributed by atoms with van der Waals surface area (Å²) in [7, 11) is 0. The van der Waals surface area contributed by atoms with Crippen LogP contribution in [0.3, 0.4) is 0 Å².